The number of amides is 2. The number of rotatable bonds is 7. The van der Waals surface area contributed by atoms with Crippen molar-refractivity contribution in [3.05, 3.63) is 65.7 Å². The molecule has 28 heavy (non-hydrogen) atoms. The Hall–Kier alpha value is -3.52. The molecule has 0 bridgehead atoms. The maximum Gasteiger partial charge on any atom is 0.412 e. The fourth-order valence-corrected chi connectivity index (χ4v) is 2.41. The Morgan fingerprint density at radius 1 is 1.18 bits per heavy atom. The van der Waals surface area contributed by atoms with Crippen LogP contribution < -0.4 is 15.5 Å². The first-order valence-electron chi connectivity index (χ1n) is 8.44. The second-order valence-corrected chi connectivity index (χ2v) is 5.93. The molecule has 2 aromatic rings. The summed E-state index contributed by atoms with van der Waals surface area (Å²) in [6.07, 6.45) is 1.21. The van der Waals surface area contributed by atoms with E-state index >= 15 is 0 Å². The van der Waals surface area contributed by atoms with Gasteiger partial charge >= 0.3 is 6.09 Å². The Labute approximate surface area is 162 Å². The second kappa shape index (κ2) is 9.98. The first-order valence-corrected chi connectivity index (χ1v) is 8.44. The highest BCUT2D eigenvalue weighted by Crippen LogP contribution is 2.32. The summed E-state index contributed by atoms with van der Waals surface area (Å²) >= 11 is 0. The van der Waals surface area contributed by atoms with Gasteiger partial charge in [0.25, 0.3) is 5.91 Å². The molecule has 2 aromatic carbocycles. The lowest BCUT2D eigenvalue weighted by Crippen LogP contribution is -2.18. The van der Waals surface area contributed by atoms with E-state index in [4.69, 9.17) is 14.7 Å². The number of hydrogen-bond acceptors (Lipinski definition) is 6. The van der Waals surface area contributed by atoms with Gasteiger partial charge in [-0.05, 0) is 36.8 Å². The molecule has 0 aromatic heterocycles. The number of carbonyl (C=O) groups is 2. The first kappa shape index (κ1) is 20.8. The van der Waals surface area contributed by atoms with Crippen molar-refractivity contribution in [3.8, 4) is 11.5 Å². The number of ether oxygens (including phenoxy) is 2. The van der Waals surface area contributed by atoms with Gasteiger partial charge in [-0.15, -0.1) is 0 Å². The number of carbonyl (C=O) groups excluding carboxylic acids is 2. The zero-order valence-electron chi connectivity index (χ0n) is 15.5. The lowest BCUT2D eigenvalue weighted by molar-refractivity contribution is -0.124. The predicted octanol–water partition coefficient (Wildman–Crippen LogP) is 3.45. The number of aryl methyl sites for hydroxylation is 1. The summed E-state index contributed by atoms with van der Waals surface area (Å²) < 4.78 is 10.5. The van der Waals surface area contributed by atoms with Crippen LogP contribution in [-0.4, -0.2) is 29.4 Å². The Morgan fingerprint density at radius 3 is 2.50 bits per heavy atom. The molecule has 8 heteroatoms. The Kier molecular flexibility index (Phi) is 7.41. The van der Waals surface area contributed by atoms with Crippen molar-refractivity contribution in [1.29, 1.82) is 0 Å². The number of nitrogens with one attached hydrogen (secondary N) is 2. The smallest absolute Gasteiger partial charge is 0.412 e. The number of phenols is 1. The molecule has 0 spiro atoms. The van der Waals surface area contributed by atoms with Crippen LogP contribution in [-0.2, 0) is 9.53 Å². The molecule has 0 aliphatic carbocycles. The fraction of sp³-hybridized carbons (Fsp3) is 0.200. The number of hydroxylamine groups is 1. The SMILES string of the molecule is COc1ccc([C@H](C/C=C/C(=O)NO)OC(=O)Nc2ccc(C)cc2)cc1O. The summed E-state index contributed by atoms with van der Waals surface area (Å²) in [5, 5.41) is 21.2. The molecule has 0 saturated heterocycles. The number of benzene rings is 2. The molecule has 0 aliphatic heterocycles. The van der Waals surface area contributed by atoms with Gasteiger partial charge in [0.05, 0.1) is 7.11 Å². The van der Waals surface area contributed by atoms with Crippen LogP contribution in [0.25, 0.3) is 0 Å². The van der Waals surface area contributed by atoms with Gasteiger partial charge in [-0.2, -0.15) is 0 Å². The number of phenolic OH excluding ortho intramolecular Hbond substituents is 1. The Morgan fingerprint density at radius 2 is 1.89 bits per heavy atom. The molecular weight excluding hydrogens is 364 g/mol. The van der Waals surface area contributed by atoms with Gasteiger partial charge in [-0.25, -0.2) is 10.3 Å². The highest BCUT2D eigenvalue weighted by atomic mass is 16.6. The van der Waals surface area contributed by atoms with Crippen molar-refractivity contribution in [1.82, 2.24) is 5.48 Å². The van der Waals surface area contributed by atoms with E-state index in [9.17, 15) is 14.7 Å². The van der Waals surface area contributed by atoms with E-state index in [-0.39, 0.29) is 17.9 Å². The van der Waals surface area contributed by atoms with E-state index < -0.39 is 18.1 Å². The third kappa shape index (κ3) is 6.03. The Balaban J connectivity index is 2.15. The van der Waals surface area contributed by atoms with Crippen molar-refractivity contribution >= 4 is 17.7 Å². The van der Waals surface area contributed by atoms with Gasteiger partial charge in [0.15, 0.2) is 11.5 Å². The zero-order valence-corrected chi connectivity index (χ0v) is 15.5. The average molecular weight is 386 g/mol. The van der Waals surface area contributed by atoms with E-state index in [2.05, 4.69) is 5.32 Å². The molecular formula is C20H22N2O6. The van der Waals surface area contributed by atoms with Crippen LogP contribution in [0.3, 0.4) is 0 Å². The van der Waals surface area contributed by atoms with E-state index in [0.29, 0.717) is 11.3 Å². The molecule has 1 atom stereocenters. The predicted molar refractivity (Wildman–Crippen MR) is 102 cm³/mol. The highest BCUT2D eigenvalue weighted by Gasteiger charge is 2.18. The fourth-order valence-electron chi connectivity index (χ4n) is 2.41. The molecule has 0 aliphatic rings. The van der Waals surface area contributed by atoms with Crippen molar-refractivity contribution in [2.45, 2.75) is 19.4 Å². The van der Waals surface area contributed by atoms with Crippen molar-refractivity contribution in [2.75, 3.05) is 12.4 Å². The maximum atomic E-state index is 12.3. The molecule has 8 nitrogen and oxygen atoms in total. The summed E-state index contributed by atoms with van der Waals surface area (Å²) in [7, 11) is 1.42. The summed E-state index contributed by atoms with van der Waals surface area (Å²) in [5.74, 6) is -0.535. The van der Waals surface area contributed by atoms with Crippen LogP contribution in [0.2, 0.25) is 0 Å². The molecule has 0 heterocycles. The van der Waals surface area contributed by atoms with Crippen LogP contribution in [0, 0.1) is 6.92 Å². The van der Waals surface area contributed by atoms with E-state index in [1.807, 2.05) is 19.1 Å². The summed E-state index contributed by atoms with van der Waals surface area (Å²) in [5.41, 5.74) is 3.61. The van der Waals surface area contributed by atoms with Gasteiger partial charge in [-0.3, -0.25) is 15.3 Å². The molecule has 0 unspecified atom stereocenters. The van der Waals surface area contributed by atoms with E-state index in [1.54, 1.807) is 24.3 Å². The van der Waals surface area contributed by atoms with Crippen molar-refractivity contribution in [2.24, 2.45) is 0 Å². The summed E-state index contributed by atoms with van der Waals surface area (Å²) in [4.78, 5) is 23.4. The lowest BCUT2D eigenvalue weighted by Gasteiger charge is -2.18. The number of hydrogen-bond donors (Lipinski definition) is 4. The van der Waals surface area contributed by atoms with Crippen LogP contribution >= 0.6 is 0 Å². The number of aromatic hydroxyl groups is 1. The normalized spacial score (nSPS) is 11.7. The minimum atomic E-state index is -0.787. The third-order valence-electron chi connectivity index (χ3n) is 3.85. The van der Waals surface area contributed by atoms with Crippen LogP contribution in [0.5, 0.6) is 11.5 Å². The monoisotopic (exact) mass is 386 g/mol. The average Bonchev–Trinajstić information content (AvgIpc) is 2.68. The molecule has 0 saturated carbocycles. The first-order chi connectivity index (χ1) is 13.4. The van der Waals surface area contributed by atoms with Crippen LogP contribution in [0.1, 0.15) is 23.7 Å². The molecule has 0 fully saturated rings. The molecule has 148 valence electrons. The second-order valence-electron chi connectivity index (χ2n) is 5.93. The third-order valence-corrected chi connectivity index (χ3v) is 3.85. The molecule has 4 N–H and O–H groups in total. The van der Waals surface area contributed by atoms with E-state index in [0.717, 1.165) is 11.6 Å². The molecule has 2 rings (SSSR count). The standard InChI is InChI=1S/C20H22N2O6/c1-13-6-9-15(10-7-13)21-20(25)28-17(4-3-5-19(24)22-26)14-8-11-18(27-2)16(23)12-14/h3,5-12,17,23,26H,4H2,1-2H3,(H,21,25)(H,22,24)/b5-3+/t17-/m0/s1. The van der Waals surface area contributed by atoms with Crippen LogP contribution in [0.15, 0.2) is 54.6 Å². The van der Waals surface area contributed by atoms with Gasteiger partial charge in [0.2, 0.25) is 0 Å². The van der Waals surface area contributed by atoms with Crippen molar-refractivity contribution < 1.29 is 29.4 Å². The lowest BCUT2D eigenvalue weighted by atomic mass is 10.1. The highest BCUT2D eigenvalue weighted by molar-refractivity contribution is 5.86. The summed E-state index contributed by atoms with van der Waals surface area (Å²) in [6, 6.07) is 11.8. The number of anilines is 1. The summed E-state index contributed by atoms with van der Waals surface area (Å²) in [6.45, 7) is 1.93. The van der Waals surface area contributed by atoms with Gasteiger partial charge in [-0.1, -0.05) is 29.8 Å². The quantitative estimate of drug-likeness (QED) is 0.329. The minimum Gasteiger partial charge on any atom is -0.504 e. The molecule has 0 radical (unpaired) electrons. The zero-order chi connectivity index (χ0) is 20.5. The minimum absolute atomic E-state index is 0.107. The van der Waals surface area contributed by atoms with Crippen LogP contribution in [0.4, 0.5) is 10.5 Å². The van der Waals surface area contributed by atoms with Gasteiger partial charge in [0, 0.05) is 18.2 Å². The largest absolute Gasteiger partial charge is 0.504 e. The maximum absolute atomic E-state index is 12.3. The van der Waals surface area contributed by atoms with Gasteiger partial charge in [0.1, 0.15) is 6.10 Å². The molecule has 2 amide bonds. The number of methoxy groups -OCH3 is 1. The van der Waals surface area contributed by atoms with Gasteiger partial charge < -0.3 is 14.6 Å². The van der Waals surface area contributed by atoms with Crippen molar-refractivity contribution in [3.63, 3.8) is 0 Å². The Bertz CT molecular complexity index is 848. The topological polar surface area (TPSA) is 117 Å². The van der Waals surface area contributed by atoms with E-state index in [1.165, 1.54) is 24.7 Å².